The fourth-order valence-electron chi connectivity index (χ4n) is 4.28. The molecule has 2 heterocycles. The molecule has 0 N–H and O–H groups in total. The predicted octanol–water partition coefficient (Wildman–Crippen LogP) is 3.11. The lowest BCUT2D eigenvalue weighted by Crippen LogP contribution is -2.51. The summed E-state index contributed by atoms with van der Waals surface area (Å²) < 4.78 is 27.4. The van der Waals surface area contributed by atoms with Gasteiger partial charge in [0.25, 0.3) is 0 Å². The average molecular weight is 449 g/mol. The molecule has 3 rings (SSSR count). The molecule has 9 heteroatoms. The molecule has 2 aliphatic heterocycles. The summed E-state index contributed by atoms with van der Waals surface area (Å²) in [5, 5.41) is 0. The first-order valence-electron chi connectivity index (χ1n) is 10.8. The highest BCUT2D eigenvalue weighted by atomic mass is 16.6. The lowest BCUT2D eigenvalue weighted by atomic mass is 10.1. The first kappa shape index (κ1) is 23.9. The molecule has 1 aromatic carbocycles. The van der Waals surface area contributed by atoms with Crippen LogP contribution in [0, 0.1) is 0 Å². The van der Waals surface area contributed by atoms with E-state index in [0.29, 0.717) is 36.8 Å². The Bertz CT molecular complexity index is 829. The summed E-state index contributed by atoms with van der Waals surface area (Å²) in [6.07, 6.45) is 3.23. The maximum absolute atomic E-state index is 13.1. The van der Waals surface area contributed by atoms with Gasteiger partial charge in [0.15, 0.2) is 17.7 Å². The number of esters is 1. The van der Waals surface area contributed by atoms with E-state index >= 15 is 0 Å². The minimum atomic E-state index is -0.506. The van der Waals surface area contributed by atoms with Gasteiger partial charge >= 0.3 is 12.1 Å². The smallest absolute Gasteiger partial charge is 0.416 e. The van der Waals surface area contributed by atoms with Gasteiger partial charge in [0.1, 0.15) is 6.61 Å². The average Bonchev–Trinajstić information content (AvgIpc) is 3.21. The molecule has 0 unspecified atom stereocenters. The van der Waals surface area contributed by atoms with Crippen molar-refractivity contribution < 1.29 is 33.3 Å². The summed E-state index contributed by atoms with van der Waals surface area (Å²) in [5.74, 6) is 0.754. The Morgan fingerprint density at radius 3 is 2.72 bits per heavy atom. The van der Waals surface area contributed by atoms with Crippen molar-refractivity contribution in [1.29, 1.82) is 0 Å². The van der Waals surface area contributed by atoms with Crippen LogP contribution in [0.3, 0.4) is 0 Å². The van der Waals surface area contributed by atoms with Crippen molar-refractivity contribution in [3.63, 3.8) is 0 Å². The molecular formula is C23H32N2O7. The summed E-state index contributed by atoms with van der Waals surface area (Å²) in [6, 6.07) is 3.74. The summed E-state index contributed by atoms with van der Waals surface area (Å²) in [6.45, 7) is 5.61. The third kappa shape index (κ3) is 5.16. The van der Waals surface area contributed by atoms with Crippen LogP contribution >= 0.6 is 0 Å². The van der Waals surface area contributed by atoms with Crippen molar-refractivity contribution in [2.75, 3.05) is 46.0 Å². The van der Waals surface area contributed by atoms with E-state index in [4.69, 9.17) is 18.9 Å². The Labute approximate surface area is 188 Å². The van der Waals surface area contributed by atoms with Gasteiger partial charge in [-0.1, -0.05) is 12.7 Å². The number of benzene rings is 1. The number of nitrogens with zero attached hydrogens (tertiary/aromatic N) is 2. The van der Waals surface area contributed by atoms with Crippen molar-refractivity contribution in [2.45, 2.75) is 44.5 Å². The summed E-state index contributed by atoms with van der Waals surface area (Å²) >= 11 is 0. The van der Waals surface area contributed by atoms with E-state index in [9.17, 15) is 9.59 Å². The zero-order valence-corrected chi connectivity index (χ0v) is 19.0. The zero-order chi connectivity index (χ0) is 23.1. The fraction of sp³-hybridized carbons (Fsp3) is 0.565. The predicted molar refractivity (Wildman–Crippen MR) is 118 cm³/mol. The molecule has 0 aliphatic carbocycles. The molecule has 1 aromatic rings. The molecule has 0 radical (unpaired) electrons. The Morgan fingerprint density at radius 2 is 2.03 bits per heavy atom. The lowest BCUT2D eigenvalue weighted by Gasteiger charge is -2.34. The quantitative estimate of drug-likeness (QED) is 0.324. The van der Waals surface area contributed by atoms with Crippen LogP contribution in [0.2, 0.25) is 0 Å². The highest BCUT2D eigenvalue weighted by Gasteiger charge is 2.43. The second-order valence-electron chi connectivity index (χ2n) is 7.70. The first-order chi connectivity index (χ1) is 15.5. The number of rotatable bonds is 9. The van der Waals surface area contributed by atoms with Crippen molar-refractivity contribution in [1.82, 2.24) is 4.90 Å². The van der Waals surface area contributed by atoms with Gasteiger partial charge in [-0.2, -0.15) is 0 Å². The van der Waals surface area contributed by atoms with Crippen molar-refractivity contribution in [3.05, 3.63) is 30.4 Å². The molecule has 176 valence electrons. The van der Waals surface area contributed by atoms with E-state index in [-0.39, 0.29) is 25.0 Å². The molecule has 32 heavy (non-hydrogen) atoms. The van der Waals surface area contributed by atoms with Gasteiger partial charge in [0.2, 0.25) is 0 Å². The van der Waals surface area contributed by atoms with E-state index in [2.05, 4.69) is 16.2 Å². The molecule has 2 aliphatic rings. The standard InChI is InChI=1S/C23H32N2O7/c1-5-11-32-23(27)25-18-14-20(31-12-7-9-21(26)29-3)19(28-2)13-16(18)15-24-10-6-8-17(24)22(25)30-4/h5,13-14,17,22H,1,6-12,15H2,2-4H3/t17-,22-/m0/s1. The minimum absolute atomic E-state index is 0.0547. The van der Waals surface area contributed by atoms with E-state index in [0.717, 1.165) is 24.9 Å². The van der Waals surface area contributed by atoms with Crippen LogP contribution in [0.25, 0.3) is 0 Å². The number of ether oxygens (including phenoxy) is 5. The van der Waals surface area contributed by atoms with Crippen LogP contribution in [0.1, 0.15) is 31.2 Å². The maximum atomic E-state index is 13.1. The number of carbonyl (C=O) groups is 2. The van der Waals surface area contributed by atoms with Crippen LogP contribution in [0.5, 0.6) is 11.5 Å². The van der Waals surface area contributed by atoms with Crippen molar-refractivity contribution in [3.8, 4) is 11.5 Å². The molecule has 0 bridgehead atoms. The molecule has 2 atom stereocenters. The van der Waals surface area contributed by atoms with E-state index < -0.39 is 12.3 Å². The third-order valence-corrected chi connectivity index (χ3v) is 5.77. The zero-order valence-electron chi connectivity index (χ0n) is 19.0. The van der Waals surface area contributed by atoms with E-state index in [1.807, 2.05) is 6.07 Å². The van der Waals surface area contributed by atoms with Crippen LogP contribution in [0.15, 0.2) is 24.8 Å². The second-order valence-corrected chi connectivity index (χ2v) is 7.70. The van der Waals surface area contributed by atoms with Crippen LogP contribution in [-0.4, -0.2) is 70.3 Å². The first-order valence-corrected chi connectivity index (χ1v) is 10.8. The highest BCUT2D eigenvalue weighted by Crippen LogP contribution is 2.41. The second kappa shape index (κ2) is 11.2. The molecular weight excluding hydrogens is 416 g/mol. The number of anilines is 1. The topological polar surface area (TPSA) is 86.8 Å². The fourth-order valence-corrected chi connectivity index (χ4v) is 4.28. The van der Waals surface area contributed by atoms with Crippen molar-refractivity contribution >= 4 is 17.7 Å². The number of hydrogen-bond donors (Lipinski definition) is 0. The highest BCUT2D eigenvalue weighted by molar-refractivity contribution is 5.90. The summed E-state index contributed by atoms with van der Waals surface area (Å²) in [5.41, 5.74) is 1.58. The van der Waals surface area contributed by atoms with Gasteiger partial charge < -0.3 is 23.7 Å². The Kier molecular flexibility index (Phi) is 8.35. The van der Waals surface area contributed by atoms with Crippen LogP contribution in [-0.2, 0) is 25.5 Å². The van der Waals surface area contributed by atoms with Crippen LogP contribution in [0.4, 0.5) is 10.5 Å². The van der Waals surface area contributed by atoms with Gasteiger partial charge in [0.05, 0.1) is 32.6 Å². The number of fused-ring (bicyclic) bond motifs is 2. The maximum Gasteiger partial charge on any atom is 0.416 e. The number of carbonyl (C=O) groups excluding carboxylic acids is 2. The molecule has 0 saturated carbocycles. The SMILES string of the molecule is C=CCOC(=O)N1c2cc(OCCCC(=O)OC)c(OC)cc2CN2CCC[C@H]2[C@@H]1OC. The van der Waals surface area contributed by atoms with Crippen LogP contribution < -0.4 is 14.4 Å². The molecule has 0 spiro atoms. The van der Waals surface area contributed by atoms with Gasteiger partial charge in [-0.3, -0.25) is 9.69 Å². The third-order valence-electron chi connectivity index (χ3n) is 5.77. The van der Waals surface area contributed by atoms with Gasteiger partial charge in [-0.15, -0.1) is 0 Å². The molecule has 9 nitrogen and oxygen atoms in total. The van der Waals surface area contributed by atoms with E-state index in [1.54, 1.807) is 25.2 Å². The lowest BCUT2D eigenvalue weighted by molar-refractivity contribution is -0.140. The van der Waals surface area contributed by atoms with Gasteiger partial charge in [-0.05, 0) is 37.4 Å². The van der Waals surface area contributed by atoms with E-state index in [1.165, 1.54) is 13.2 Å². The Morgan fingerprint density at radius 1 is 1.22 bits per heavy atom. The molecule has 0 aromatic heterocycles. The normalized spacial score (nSPS) is 20.0. The number of methoxy groups -OCH3 is 3. The number of amides is 1. The monoisotopic (exact) mass is 448 g/mol. The molecule has 1 amide bonds. The summed E-state index contributed by atoms with van der Waals surface area (Å²) in [7, 11) is 4.54. The Hall–Kier alpha value is -2.78. The number of hydrogen-bond acceptors (Lipinski definition) is 8. The summed E-state index contributed by atoms with van der Waals surface area (Å²) in [4.78, 5) is 28.3. The Balaban J connectivity index is 1.95. The molecule has 1 fully saturated rings. The van der Waals surface area contributed by atoms with Gasteiger partial charge in [-0.25, -0.2) is 9.69 Å². The van der Waals surface area contributed by atoms with Gasteiger partial charge in [0, 0.05) is 26.1 Å². The molecule has 1 saturated heterocycles. The largest absolute Gasteiger partial charge is 0.493 e. The van der Waals surface area contributed by atoms with Crippen molar-refractivity contribution in [2.24, 2.45) is 0 Å². The minimum Gasteiger partial charge on any atom is -0.493 e.